The van der Waals surface area contributed by atoms with Crippen molar-refractivity contribution in [1.29, 1.82) is 0 Å². The fraction of sp³-hybridized carbons (Fsp3) is 0.133. The van der Waals surface area contributed by atoms with Gasteiger partial charge in [-0.05, 0) is 31.2 Å². The quantitative estimate of drug-likeness (QED) is 0.541. The van der Waals surface area contributed by atoms with Crippen LogP contribution in [0.1, 0.15) is 17.3 Å². The highest BCUT2D eigenvalue weighted by molar-refractivity contribution is 5.93. The van der Waals surface area contributed by atoms with Crippen LogP contribution in [-0.4, -0.2) is 18.9 Å². The number of benzene rings is 1. The normalized spacial score (nSPS) is 9.50. The maximum atomic E-state index is 12.2. The van der Waals surface area contributed by atoms with Crippen LogP contribution in [0.2, 0.25) is 0 Å². The first-order chi connectivity index (χ1) is 9.09. The molecule has 0 atom stereocenters. The van der Waals surface area contributed by atoms with E-state index >= 15 is 0 Å². The molecule has 0 unspecified atom stereocenters. The molecule has 0 saturated heterocycles. The van der Waals surface area contributed by atoms with Crippen LogP contribution in [0.5, 0.6) is 0 Å². The van der Waals surface area contributed by atoms with Crippen molar-refractivity contribution < 1.29 is 26.6 Å². The van der Waals surface area contributed by atoms with E-state index in [-0.39, 0.29) is 24.2 Å². The number of nitrogens with zero attached hydrogens (tertiary/aromatic N) is 2. The SMILES string of the molecule is CC(=O)c1cc[n+](C(=O)N(C)c2ccccc2)cc1.[Cl-]. The first-order valence-electron chi connectivity index (χ1n) is 5.95. The fourth-order valence-corrected chi connectivity index (χ4v) is 1.72. The number of halogens is 1. The Hall–Kier alpha value is -2.20. The van der Waals surface area contributed by atoms with Gasteiger partial charge in [-0.3, -0.25) is 4.79 Å². The average molecular weight is 291 g/mol. The number of carbonyl (C=O) groups is 2. The van der Waals surface area contributed by atoms with Crippen LogP contribution in [0.25, 0.3) is 0 Å². The molecule has 2 aromatic rings. The topological polar surface area (TPSA) is 41.3 Å². The van der Waals surface area contributed by atoms with Crippen molar-refractivity contribution in [3.05, 3.63) is 60.4 Å². The minimum Gasteiger partial charge on any atom is -1.00 e. The number of ketones is 1. The van der Waals surface area contributed by atoms with Gasteiger partial charge in [-0.15, -0.1) is 0 Å². The number of amides is 1. The monoisotopic (exact) mass is 290 g/mol. The molecule has 1 heterocycles. The highest BCUT2D eigenvalue weighted by Crippen LogP contribution is 2.10. The lowest BCUT2D eigenvalue weighted by molar-refractivity contribution is -0.569. The molecule has 0 radical (unpaired) electrons. The summed E-state index contributed by atoms with van der Waals surface area (Å²) in [5.41, 5.74) is 1.40. The van der Waals surface area contributed by atoms with Crippen LogP contribution in [0.15, 0.2) is 54.9 Å². The van der Waals surface area contributed by atoms with E-state index in [2.05, 4.69) is 0 Å². The fourth-order valence-electron chi connectivity index (χ4n) is 1.72. The maximum absolute atomic E-state index is 12.2. The molecule has 1 aromatic carbocycles. The Morgan fingerprint density at radius 1 is 1.00 bits per heavy atom. The zero-order valence-corrected chi connectivity index (χ0v) is 12.0. The third kappa shape index (κ3) is 3.42. The first-order valence-corrected chi connectivity index (χ1v) is 5.95. The highest BCUT2D eigenvalue weighted by atomic mass is 35.5. The van der Waals surface area contributed by atoms with Crippen LogP contribution in [-0.2, 0) is 0 Å². The van der Waals surface area contributed by atoms with Crippen molar-refractivity contribution in [3.8, 4) is 0 Å². The number of pyridine rings is 1. The molecule has 20 heavy (non-hydrogen) atoms. The van der Waals surface area contributed by atoms with Gasteiger partial charge in [-0.1, -0.05) is 18.2 Å². The number of hydrogen-bond donors (Lipinski definition) is 0. The molecule has 1 amide bonds. The van der Waals surface area contributed by atoms with E-state index in [1.807, 2.05) is 30.3 Å². The molecule has 1 aromatic heterocycles. The van der Waals surface area contributed by atoms with Crippen molar-refractivity contribution >= 4 is 17.5 Å². The number of hydrogen-bond acceptors (Lipinski definition) is 2. The van der Waals surface area contributed by atoms with E-state index in [1.54, 1.807) is 36.5 Å². The van der Waals surface area contributed by atoms with Crippen molar-refractivity contribution in [2.75, 3.05) is 11.9 Å². The molecule has 2 rings (SSSR count). The standard InChI is InChI=1S/C15H15N2O2.ClH/c1-12(18)13-8-10-17(11-9-13)15(19)16(2)14-6-4-3-5-7-14;/h3-11H,1-2H3;1H/q+1;/p-1. The predicted molar refractivity (Wildman–Crippen MR) is 72.3 cm³/mol. The molecule has 4 nitrogen and oxygen atoms in total. The van der Waals surface area contributed by atoms with Gasteiger partial charge in [0.2, 0.25) is 0 Å². The lowest BCUT2D eigenvalue weighted by atomic mass is 10.2. The second-order valence-electron chi connectivity index (χ2n) is 4.23. The van der Waals surface area contributed by atoms with Crippen molar-refractivity contribution in [3.63, 3.8) is 0 Å². The summed E-state index contributed by atoms with van der Waals surface area (Å²) in [6.45, 7) is 1.50. The van der Waals surface area contributed by atoms with Gasteiger partial charge in [0.25, 0.3) is 0 Å². The van der Waals surface area contributed by atoms with Gasteiger partial charge in [-0.25, -0.2) is 0 Å². The Labute approximate surface area is 124 Å². The summed E-state index contributed by atoms with van der Waals surface area (Å²) in [5.74, 6) is -0.0176. The van der Waals surface area contributed by atoms with E-state index in [9.17, 15) is 9.59 Å². The predicted octanol–water partition coefficient (Wildman–Crippen LogP) is -0.715. The van der Waals surface area contributed by atoms with Crippen molar-refractivity contribution in [1.82, 2.24) is 0 Å². The Bertz CT molecular complexity index is 597. The average Bonchev–Trinajstić information content (AvgIpc) is 2.46. The first kappa shape index (κ1) is 15.9. The minimum absolute atomic E-state index is 0. The van der Waals surface area contributed by atoms with Crippen molar-refractivity contribution in [2.24, 2.45) is 0 Å². The molecule has 0 bridgehead atoms. The largest absolute Gasteiger partial charge is 1.00 e. The molecule has 0 spiro atoms. The second-order valence-corrected chi connectivity index (χ2v) is 4.23. The van der Waals surface area contributed by atoms with Gasteiger partial charge >= 0.3 is 6.03 Å². The lowest BCUT2D eigenvalue weighted by Crippen LogP contribution is -3.00. The summed E-state index contributed by atoms with van der Waals surface area (Å²) in [6, 6.07) is 12.5. The number of anilines is 1. The number of para-hydroxylation sites is 1. The molecule has 0 saturated carbocycles. The zero-order chi connectivity index (χ0) is 13.8. The van der Waals surface area contributed by atoms with Crippen molar-refractivity contribution in [2.45, 2.75) is 6.92 Å². The molecular weight excluding hydrogens is 276 g/mol. The molecule has 0 aliphatic heterocycles. The van der Waals surface area contributed by atoms with E-state index < -0.39 is 0 Å². The number of rotatable bonds is 2. The summed E-state index contributed by atoms with van der Waals surface area (Å²) in [5, 5.41) is 0. The van der Waals surface area contributed by atoms with E-state index in [0.717, 1.165) is 5.69 Å². The zero-order valence-electron chi connectivity index (χ0n) is 11.3. The number of carbonyl (C=O) groups excluding carboxylic acids is 2. The Balaban J connectivity index is 0.00000200. The molecule has 104 valence electrons. The van der Waals surface area contributed by atoms with Crippen LogP contribution in [0, 0.1) is 0 Å². The van der Waals surface area contributed by atoms with Gasteiger partial charge in [0.05, 0.1) is 7.05 Å². The summed E-state index contributed by atoms with van der Waals surface area (Å²) < 4.78 is 1.44. The second kappa shape index (κ2) is 6.82. The minimum atomic E-state index is -0.179. The maximum Gasteiger partial charge on any atom is 0.502 e. The summed E-state index contributed by atoms with van der Waals surface area (Å²) in [6.07, 6.45) is 3.19. The van der Waals surface area contributed by atoms with Gasteiger partial charge in [0, 0.05) is 5.56 Å². The summed E-state index contributed by atoms with van der Waals surface area (Å²) >= 11 is 0. The molecular formula is C15H15ClN2O2. The Morgan fingerprint density at radius 3 is 2.05 bits per heavy atom. The Morgan fingerprint density at radius 2 is 1.55 bits per heavy atom. The molecule has 0 fully saturated rings. The molecule has 5 heteroatoms. The van der Waals surface area contributed by atoms with Crippen LogP contribution < -0.4 is 21.9 Å². The van der Waals surface area contributed by atoms with E-state index in [4.69, 9.17) is 0 Å². The molecule has 0 aliphatic carbocycles. The van der Waals surface area contributed by atoms with E-state index in [1.165, 1.54) is 11.5 Å². The summed E-state index contributed by atoms with van der Waals surface area (Å²) in [7, 11) is 1.71. The van der Waals surface area contributed by atoms with Gasteiger partial charge in [0.1, 0.15) is 18.1 Å². The molecule has 0 N–H and O–H groups in total. The smallest absolute Gasteiger partial charge is 0.502 e. The lowest BCUT2D eigenvalue weighted by Gasteiger charge is -2.09. The van der Waals surface area contributed by atoms with Gasteiger partial charge < -0.3 is 12.4 Å². The highest BCUT2D eigenvalue weighted by Gasteiger charge is 2.21. The number of aromatic nitrogens is 1. The van der Waals surface area contributed by atoms with Crippen LogP contribution >= 0.6 is 0 Å². The summed E-state index contributed by atoms with van der Waals surface area (Å²) in [4.78, 5) is 25.0. The van der Waals surface area contributed by atoms with Crippen LogP contribution in [0.3, 0.4) is 0 Å². The van der Waals surface area contributed by atoms with Gasteiger partial charge in [-0.2, -0.15) is 14.3 Å². The van der Waals surface area contributed by atoms with Gasteiger partial charge in [0.15, 0.2) is 5.78 Å². The van der Waals surface area contributed by atoms with E-state index in [0.29, 0.717) is 5.56 Å². The van der Waals surface area contributed by atoms with Crippen LogP contribution in [0.4, 0.5) is 10.5 Å². The Kier molecular flexibility index (Phi) is 5.41. The third-order valence-electron chi connectivity index (χ3n) is 2.89. The third-order valence-corrected chi connectivity index (χ3v) is 2.89. The molecule has 0 aliphatic rings. The number of Topliss-reactive ketones (excluding diaryl/α,β-unsaturated/α-hetero) is 1.